The molecule has 5 nitrogen and oxygen atoms in total. The molecule has 2 fully saturated rings. The summed E-state index contributed by atoms with van der Waals surface area (Å²) < 4.78 is 39.5. The van der Waals surface area contributed by atoms with Crippen LogP contribution in [-0.4, -0.2) is 52.0 Å². The molecule has 1 aromatic rings. The molecule has 1 N–H and O–H groups in total. The molecule has 0 saturated carbocycles. The molecule has 7 heteroatoms. The molecule has 0 aromatic heterocycles. The predicted molar refractivity (Wildman–Crippen MR) is 93.8 cm³/mol. The number of sulfonamides is 1. The minimum Gasteiger partial charge on any atom is -0.369 e. The van der Waals surface area contributed by atoms with Crippen molar-refractivity contribution in [3.63, 3.8) is 0 Å². The molecule has 0 amide bonds. The minimum atomic E-state index is -3.35. The third kappa shape index (κ3) is 4.34. The highest BCUT2D eigenvalue weighted by atomic mass is 32.2. The highest BCUT2D eigenvalue weighted by Gasteiger charge is 2.25. The Bertz CT molecular complexity index is 662. The number of benzene rings is 1. The monoisotopic (exact) mass is 353 g/mol. The lowest BCUT2D eigenvalue weighted by Crippen LogP contribution is -2.48. The van der Waals surface area contributed by atoms with Crippen molar-refractivity contribution in [2.24, 2.45) is 5.92 Å². The molecular weight excluding hydrogens is 329 g/mol. The van der Waals surface area contributed by atoms with Crippen molar-refractivity contribution < 1.29 is 12.8 Å². The van der Waals surface area contributed by atoms with E-state index in [9.17, 15) is 12.8 Å². The van der Waals surface area contributed by atoms with Gasteiger partial charge < -0.3 is 10.2 Å². The van der Waals surface area contributed by atoms with Crippen molar-refractivity contribution in [1.29, 1.82) is 0 Å². The maximum atomic E-state index is 13.0. The van der Waals surface area contributed by atoms with Crippen LogP contribution in [0.2, 0.25) is 0 Å². The minimum absolute atomic E-state index is 0.261. The third-order valence-electron chi connectivity index (χ3n) is 4.70. The molecule has 0 aliphatic carbocycles. The number of piperidine rings is 1. The van der Waals surface area contributed by atoms with E-state index in [1.54, 1.807) is 12.1 Å². The third-order valence-corrected chi connectivity index (χ3v) is 6.28. The van der Waals surface area contributed by atoms with Gasteiger partial charge in [-0.15, -0.1) is 0 Å². The van der Waals surface area contributed by atoms with Crippen molar-refractivity contribution in [2.45, 2.75) is 12.8 Å². The van der Waals surface area contributed by atoms with Gasteiger partial charge in [0.15, 0.2) is 0 Å². The maximum absolute atomic E-state index is 13.0. The van der Waals surface area contributed by atoms with Crippen molar-refractivity contribution >= 4 is 15.7 Å². The second-order valence-corrected chi connectivity index (χ2v) is 8.14. The zero-order chi connectivity index (χ0) is 17.0. The van der Waals surface area contributed by atoms with Crippen molar-refractivity contribution in [2.75, 3.05) is 44.2 Å². The van der Waals surface area contributed by atoms with Crippen molar-refractivity contribution in [1.82, 2.24) is 9.62 Å². The standard InChI is InChI=1S/C17H24FN3O2S/c18-16-1-3-17(4-2-16)20-10-12-21(13-11-20)24(22,23)14-7-15-5-8-19-9-6-15/h1-4,7,14-15,19H,5-6,8-13H2. The van der Waals surface area contributed by atoms with E-state index in [1.165, 1.54) is 21.8 Å². The lowest BCUT2D eigenvalue weighted by Gasteiger charge is -2.34. The molecular formula is C17H24FN3O2S. The summed E-state index contributed by atoms with van der Waals surface area (Å²) in [7, 11) is -3.35. The zero-order valence-corrected chi connectivity index (χ0v) is 14.5. The Morgan fingerprint density at radius 2 is 1.67 bits per heavy atom. The SMILES string of the molecule is O=S(=O)(C=CC1CCNCC1)N1CCN(c2ccc(F)cc2)CC1. The fourth-order valence-electron chi connectivity index (χ4n) is 3.19. The molecule has 2 aliphatic rings. The first-order chi connectivity index (χ1) is 11.5. The fourth-order valence-corrected chi connectivity index (χ4v) is 4.45. The van der Waals surface area contributed by atoms with E-state index in [4.69, 9.17) is 0 Å². The van der Waals surface area contributed by atoms with E-state index >= 15 is 0 Å². The van der Waals surface area contributed by atoms with Gasteiger partial charge in [-0.3, -0.25) is 0 Å². The highest BCUT2D eigenvalue weighted by Crippen LogP contribution is 2.19. The van der Waals surface area contributed by atoms with Gasteiger partial charge >= 0.3 is 0 Å². The molecule has 3 rings (SSSR count). The van der Waals surface area contributed by atoms with Crippen LogP contribution in [0.1, 0.15) is 12.8 Å². The number of nitrogens with one attached hydrogen (secondary N) is 1. The smallest absolute Gasteiger partial charge is 0.236 e. The van der Waals surface area contributed by atoms with Crippen LogP contribution in [-0.2, 0) is 10.0 Å². The Morgan fingerprint density at radius 1 is 1.04 bits per heavy atom. The summed E-state index contributed by atoms with van der Waals surface area (Å²) in [4.78, 5) is 2.09. The number of piperazine rings is 1. The van der Waals surface area contributed by atoms with Crippen LogP contribution < -0.4 is 10.2 Å². The Hall–Kier alpha value is -1.44. The van der Waals surface area contributed by atoms with E-state index in [1.807, 2.05) is 6.08 Å². The average Bonchev–Trinajstić information content (AvgIpc) is 2.62. The topological polar surface area (TPSA) is 52.7 Å². The molecule has 132 valence electrons. The Labute approximate surface area is 143 Å². The number of nitrogens with zero attached hydrogens (tertiary/aromatic N) is 2. The van der Waals surface area contributed by atoms with Gasteiger partial charge in [-0.25, -0.2) is 12.8 Å². The van der Waals surface area contributed by atoms with Crippen LogP contribution >= 0.6 is 0 Å². The van der Waals surface area contributed by atoms with Crippen LogP contribution in [0.3, 0.4) is 0 Å². The zero-order valence-electron chi connectivity index (χ0n) is 13.7. The van der Waals surface area contributed by atoms with Crippen molar-refractivity contribution in [3.8, 4) is 0 Å². The van der Waals surface area contributed by atoms with E-state index in [0.717, 1.165) is 31.6 Å². The first kappa shape index (κ1) is 17.4. The van der Waals surface area contributed by atoms with E-state index in [-0.39, 0.29) is 5.82 Å². The second-order valence-electron chi connectivity index (χ2n) is 6.32. The quantitative estimate of drug-likeness (QED) is 0.897. The van der Waals surface area contributed by atoms with Gasteiger partial charge in [0.25, 0.3) is 0 Å². The molecule has 2 aliphatic heterocycles. The molecule has 2 saturated heterocycles. The molecule has 0 atom stereocenters. The fraction of sp³-hybridized carbons (Fsp3) is 0.529. The number of rotatable bonds is 4. The number of anilines is 1. The normalized spacial score (nSPS) is 21.5. The molecule has 1 aromatic carbocycles. The molecule has 2 heterocycles. The largest absolute Gasteiger partial charge is 0.369 e. The van der Waals surface area contributed by atoms with Gasteiger partial charge in [0.05, 0.1) is 0 Å². The van der Waals surface area contributed by atoms with Gasteiger partial charge in [0.1, 0.15) is 5.82 Å². The molecule has 0 unspecified atom stereocenters. The first-order valence-corrected chi connectivity index (χ1v) is 9.94. The summed E-state index contributed by atoms with van der Waals surface area (Å²) in [5, 5.41) is 4.66. The van der Waals surface area contributed by atoms with Gasteiger partial charge in [-0.1, -0.05) is 6.08 Å². The number of hydrogen-bond donors (Lipinski definition) is 1. The Kier molecular flexibility index (Phi) is 5.53. The number of allylic oxidation sites excluding steroid dienone is 1. The highest BCUT2D eigenvalue weighted by molar-refractivity contribution is 7.92. The van der Waals surface area contributed by atoms with Gasteiger partial charge in [0, 0.05) is 37.3 Å². The molecule has 0 bridgehead atoms. The summed E-state index contributed by atoms with van der Waals surface area (Å²) in [6.45, 7) is 4.04. The van der Waals surface area contributed by atoms with Gasteiger partial charge in [-0.2, -0.15) is 4.31 Å². The van der Waals surface area contributed by atoms with Crippen LogP contribution in [0.5, 0.6) is 0 Å². The lowest BCUT2D eigenvalue weighted by atomic mass is 9.99. The second kappa shape index (κ2) is 7.63. The van der Waals surface area contributed by atoms with E-state index < -0.39 is 10.0 Å². The summed E-state index contributed by atoms with van der Waals surface area (Å²) in [5.41, 5.74) is 0.929. The summed E-state index contributed by atoms with van der Waals surface area (Å²) in [5.74, 6) is 0.0875. The average molecular weight is 353 g/mol. The number of halogens is 1. The summed E-state index contributed by atoms with van der Waals surface area (Å²) in [6, 6.07) is 6.33. The summed E-state index contributed by atoms with van der Waals surface area (Å²) in [6.07, 6.45) is 3.83. The van der Waals surface area contributed by atoms with Gasteiger partial charge in [-0.05, 0) is 56.1 Å². The summed E-state index contributed by atoms with van der Waals surface area (Å²) >= 11 is 0. The van der Waals surface area contributed by atoms with E-state index in [2.05, 4.69) is 10.2 Å². The van der Waals surface area contributed by atoms with Crippen LogP contribution in [0, 0.1) is 11.7 Å². The molecule has 0 radical (unpaired) electrons. The van der Waals surface area contributed by atoms with E-state index in [0.29, 0.717) is 32.1 Å². The first-order valence-electron chi connectivity index (χ1n) is 8.44. The van der Waals surface area contributed by atoms with Gasteiger partial charge in [0.2, 0.25) is 10.0 Å². The van der Waals surface area contributed by atoms with Crippen LogP contribution in [0.4, 0.5) is 10.1 Å². The molecule has 24 heavy (non-hydrogen) atoms. The molecule has 0 spiro atoms. The van der Waals surface area contributed by atoms with Crippen molar-refractivity contribution in [3.05, 3.63) is 41.6 Å². The Balaban J connectivity index is 1.56. The van der Waals surface area contributed by atoms with Crippen LogP contribution in [0.25, 0.3) is 0 Å². The Morgan fingerprint density at radius 3 is 2.29 bits per heavy atom. The predicted octanol–water partition coefficient (Wildman–Crippen LogP) is 1.79. The van der Waals surface area contributed by atoms with Crippen LogP contribution in [0.15, 0.2) is 35.7 Å². The maximum Gasteiger partial charge on any atom is 0.236 e. The lowest BCUT2D eigenvalue weighted by molar-refractivity contribution is 0.389. The number of hydrogen-bond acceptors (Lipinski definition) is 4.